The molecule has 0 bridgehead atoms. The van der Waals surface area contributed by atoms with Crippen molar-refractivity contribution in [3.63, 3.8) is 0 Å². The highest BCUT2D eigenvalue weighted by Gasteiger charge is 2.47. The van der Waals surface area contributed by atoms with E-state index in [-0.39, 0.29) is 17.9 Å². The smallest absolute Gasteiger partial charge is 0.338 e. The van der Waals surface area contributed by atoms with Crippen LogP contribution in [0.4, 0.5) is 5.69 Å². The standard InChI is InChI=1S/C16H13NO5.CH4S/c18-15(12-6-8-14(9-7-12)17(19)20)21-10-16(11-22-16)13-4-2-1-3-5-13;1-2/h1-9H,10-11H2;2H,1H3. The lowest BCUT2D eigenvalue weighted by atomic mass is 10.0. The van der Waals surface area contributed by atoms with Crippen molar-refractivity contribution in [3.05, 3.63) is 75.8 Å². The van der Waals surface area contributed by atoms with Crippen LogP contribution in [0.5, 0.6) is 0 Å². The Morgan fingerprint density at radius 3 is 2.29 bits per heavy atom. The lowest BCUT2D eigenvalue weighted by molar-refractivity contribution is -0.384. The maximum absolute atomic E-state index is 12.0. The van der Waals surface area contributed by atoms with Gasteiger partial charge in [0, 0.05) is 12.1 Å². The van der Waals surface area contributed by atoms with Crippen molar-refractivity contribution in [2.75, 3.05) is 19.5 Å². The number of esters is 1. The van der Waals surface area contributed by atoms with Gasteiger partial charge in [-0.15, -0.1) is 0 Å². The molecule has 1 saturated heterocycles. The molecule has 0 saturated carbocycles. The van der Waals surface area contributed by atoms with Gasteiger partial charge in [0.1, 0.15) is 6.61 Å². The van der Waals surface area contributed by atoms with Gasteiger partial charge in [0.15, 0.2) is 5.60 Å². The second kappa shape index (κ2) is 7.94. The predicted molar refractivity (Wildman–Crippen MR) is 92.4 cm³/mol. The number of non-ortho nitro benzene ring substituents is 1. The van der Waals surface area contributed by atoms with E-state index in [9.17, 15) is 14.9 Å². The summed E-state index contributed by atoms with van der Waals surface area (Å²) >= 11 is 3.53. The number of rotatable bonds is 5. The molecule has 1 heterocycles. The molecule has 0 radical (unpaired) electrons. The SMILES string of the molecule is CS.O=C(OCC1(c2ccccc2)CO1)c1ccc([N+](=O)[O-])cc1. The van der Waals surface area contributed by atoms with Crippen LogP contribution in [0.15, 0.2) is 54.6 Å². The fourth-order valence-electron chi connectivity index (χ4n) is 2.15. The maximum Gasteiger partial charge on any atom is 0.338 e. The lowest BCUT2D eigenvalue weighted by Crippen LogP contribution is -2.20. The van der Waals surface area contributed by atoms with Crippen LogP contribution in [0.3, 0.4) is 0 Å². The first-order chi connectivity index (χ1) is 11.6. The van der Waals surface area contributed by atoms with E-state index in [0.717, 1.165) is 5.56 Å². The van der Waals surface area contributed by atoms with Gasteiger partial charge in [-0.1, -0.05) is 30.3 Å². The van der Waals surface area contributed by atoms with Gasteiger partial charge >= 0.3 is 5.97 Å². The Morgan fingerprint density at radius 1 is 1.21 bits per heavy atom. The fraction of sp³-hybridized carbons (Fsp3) is 0.235. The van der Waals surface area contributed by atoms with E-state index in [1.807, 2.05) is 30.3 Å². The summed E-state index contributed by atoms with van der Waals surface area (Å²) in [6.45, 7) is 0.622. The minimum atomic E-state index is -0.558. The average molecular weight is 347 g/mol. The van der Waals surface area contributed by atoms with Crippen molar-refractivity contribution < 1.29 is 19.2 Å². The number of benzene rings is 2. The molecule has 0 spiro atoms. The van der Waals surface area contributed by atoms with Gasteiger partial charge in [-0.25, -0.2) is 4.79 Å². The van der Waals surface area contributed by atoms with E-state index in [2.05, 4.69) is 12.6 Å². The Labute approximate surface area is 145 Å². The van der Waals surface area contributed by atoms with E-state index in [1.54, 1.807) is 6.26 Å². The van der Waals surface area contributed by atoms with Crippen molar-refractivity contribution in [1.29, 1.82) is 0 Å². The molecule has 0 amide bonds. The van der Waals surface area contributed by atoms with Crippen molar-refractivity contribution in [1.82, 2.24) is 0 Å². The minimum Gasteiger partial charge on any atom is -0.459 e. The van der Waals surface area contributed by atoms with Gasteiger partial charge in [-0.05, 0) is 24.0 Å². The monoisotopic (exact) mass is 347 g/mol. The normalized spacial score (nSPS) is 18.1. The number of ether oxygens (including phenoxy) is 2. The fourth-order valence-corrected chi connectivity index (χ4v) is 2.15. The Bertz CT molecular complexity index is 699. The Balaban J connectivity index is 0.00000100. The second-order valence-corrected chi connectivity index (χ2v) is 5.03. The van der Waals surface area contributed by atoms with Gasteiger partial charge in [0.05, 0.1) is 17.1 Å². The molecule has 3 rings (SSSR count). The molecule has 1 fully saturated rings. The summed E-state index contributed by atoms with van der Waals surface area (Å²) in [4.78, 5) is 22.0. The zero-order valence-electron chi connectivity index (χ0n) is 13.0. The van der Waals surface area contributed by atoms with Crippen LogP contribution in [-0.4, -0.2) is 30.4 Å². The molecule has 24 heavy (non-hydrogen) atoms. The topological polar surface area (TPSA) is 82.0 Å². The lowest BCUT2D eigenvalue weighted by Gasteiger charge is -2.12. The van der Waals surface area contributed by atoms with Gasteiger partial charge in [-0.3, -0.25) is 10.1 Å². The third-order valence-electron chi connectivity index (χ3n) is 3.54. The van der Waals surface area contributed by atoms with Gasteiger partial charge in [-0.2, -0.15) is 12.6 Å². The van der Waals surface area contributed by atoms with E-state index >= 15 is 0 Å². The first-order valence-electron chi connectivity index (χ1n) is 7.16. The highest BCUT2D eigenvalue weighted by atomic mass is 32.1. The van der Waals surface area contributed by atoms with E-state index < -0.39 is 16.5 Å². The molecule has 1 atom stereocenters. The van der Waals surface area contributed by atoms with Crippen LogP contribution < -0.4 is 0 Å². The first kappa shape index (κ1) is 18.0. The Hall–Kier alpha value is -2.38. The Morgan fingerprint density at radius 2 is 1.79 bits per heavy atom. The summed E-state index contributed by atoms with van der Waals surface area (Å²) in [5, 5.41) is 10.6. The molecule has 2 aromatic rings. The van der Waals surface area contributed by atoms with Gasteiger partial charge < -0.3 is 9.47 Å². The predicted octanol–water partition coefficient (Wildman–Crippen LogP) is 3.22. The summed E-state index contributed by atoms with van der Waals surface area (Å²) < 4.78 is 10.7. The maximum atomic E-state index is 12.0. The highest BCUT2D eigenvalue weighted by Crippen LogP contribution is 2.38. The van der Waals surface area contributed by atoms with Gasteiger partial charge in [0.25, 0.3) is 5.69 Å². The third kappa shape index (κ3) is 4.12. The molecule has 0 N–H and O–H groups in total. The number of nitro groups is 1. The van der Waals surface area contributed by atoms with Crippen LogP contribution in [0, 0.1) is 10.1 Å². The molecule has 0 aliphatic carbocycles. The summed E-state index contributed by atoms with van der Waals surface area (Å²) in [7, 11) is 0. The zero-order valence-corrected chi connectivity index (χ0v) is 13.9. The van der Waals surface area contributed by atoms with Crippen LogP contribution in [0.1, 0.15) is 15.9 Å². The summed E-state index contributed by atoms with van der Waals surface area (Å²) in [5.41, 5.74) is 0.612. The quantitative estimate of drug-likeness (QED) is 0.295. The van der Waals surface area contributed by atoms with Crippen LogP contribution in [-0.2, 0) is 15.1 Å². The highest BCUT2D eigenvalue weighted by molar-refractivity contribution is 7.79. The molecular weight excluding hydrogens is 330 g/mol. The van der Waals surface area contributed by atoms with Crippen molar-refractivity contribution >= 4 is 24.3 Å². The first-order valence-corrected chi connectivity index (χ1v) is 8.06. The summed E-state index contributed by atoms with van der Waals surface area (Å²) in [6.07, 6.45) is 1.69. The van der Waals surface area contributed by atoms with Crippen LogP contribution >= 0.6 is 12.6 Å². The average Bonchev–Trinajstić information content (AvgIpc) is 3.43. The molecule has 2 aromatic carbocycles. The number of hydrogen-bond donors (Lipinski definition) is 1. The van der Waals surface area contributed by atoms with Gasteiger partial charge in [0.2, 0.25) is 0 Å². The minimum absolute atomic E-state index is 0.0668. The van der Waals surface area contributed by atoms with Crippen molar-refractivity contribution in [2.45, 2.75) is 5.60 Å². The van der Waals surface area contributed by atoms with E-state index in [1.165, 1.54) is 24.3 Å². The molecule has 6 nitrogen and oxygen atoms in total. The summed E-state index contributed by atoms with van der Waals surface area (Å²) in [6, 6.07) is 14.9. The molecule has 1 unspecified atom stereocenters. The van der Waals surface area contributed by atoms with Crippen LogP contribution in [0.25, 0.3) is 0 Å². The number of nitro benzene ring substituents is 1. The molecule has 1 aliphatic rings. The molecule has 126 valence electrons. The molecule has 0 aromatic heterocycles. The van der Waals surface area contributed by atoms with E-state index in [0.29, 0.717) is 6.61 Å². The summed E-state index contributed by atoms with van der Waals surface area (Å²) in [5.74, 6) is -0.527. The number of nitrogens with zero attached hydrogens (tertiary/aromatic N) is 1. The molecule has 7 heteroatoms. The zero-order chi connectivity index (χ0) is 17.6. The second-order valence-electron chi connectivity index (χ2n) is 5.03. The van der Waals surface area contributed by atoms with Crippen molar-refractivity contribution in [2.24, 2.45) is 0 Å². The van der Waals surface area contributed by atoms with Crippen molar-refractivity contribution in [3.8, 4) is 0 Å². The molecular formula is C17H17NO5S. The van der Waals surface area contributed by atoms with E-state index in [4.69, 9.17) is 9.47 Å². The number of hydrogen-bond acceptors (Lipinski definition) is 6. The number of thiol groups is 1. The third-order valence-corrected chi connectivity index (χ3v) is 3.54. The number of carbonyl (C=O) groups is 1. The largest absolute Gasteiger partial charge is 0.459 e. The van der Waals surface area contributed by atoms with Crippen LogP contribution in [0.2, 0.25) is 0 Å². The number of epoxide rings is 1. The Kier molecular flexibility index (Phi) is 5.94. The molecule has 1 aliphatic heterocycles. The number of carbonyl (C=O) groups excluding carboxylic acids is 1.